The second kappa shape index (κ2) is 11.1. The molecule has 1 aliphatic heterocycles. The van der Waals surface area contributed by atoms with E-state index < -0.39 is 0 Å². The van der Waals surface area contributed by atoms with Gasteiger partial charge in [-0.15, -0.1) is 0 Å². The summed E-state index contributed by atoms with van der Waals surface area (Å²) in [5.41, 5.74) is 3.30. The van der Waals surface area contributed by atoms with Crippen molar-refractivity contribution in [3.8, 4) is 5.75 Å². The average molecular weight is 595 g/mol. The van der Waals surface area contributed by atoms with E-state index in [0.29, 0.717) is 11.6 Å². The van der Waals surface area contributed by atoms with Crippen molar-refractivity contribution in [1.29, 1.82) is 0 Å². The molecule has 3 nitrogen and oxygen atoms in total. The minimum Gasteiger partial charge on any atom is -0.486 e. The van der Waals surface area contributed by atoms with Gasteiger partial charge in [0.1, 0.15) is 17.3 Å². The van der Waals surface area contributed by atoms with Gasteiger partial charge in [-0.1, -0.05) is 72.3 Å². The van der Waals surface area contributed by atoms with Crippen molar-refractivity contribution in [3.05, 3.63) is 97.4 Å². The van der Waals surface area contributed by atoms with E-state index in [1.807, 2.05) is 36.4 Å². The van der Waals surface area contributed by atoms with Crippen LogP contribution < -0.4 is 4.74 Å². The topological polar surface area (TPSA) is 15.7 Å². The van der Waals surface area contributed by atoms with E-state index in [9.17, 15) is 0 Å². The van der Waals surface area contributed by atoms with Crippen molar-refractivity contribution in [2.45, 2.75) is 13.2 Å². The van der Waals surface area contributed by atoms with Gasteiger partial charge in [-0.2, -0.15) is 0 Å². The van der Waals surface area contributed by atoms with Crippen molar-refractivity contribution in [2.75, 3.05) is 26.2 Å². The highest BCUT2D eigenvalue weighted by molar-refractivity contribution is 9.11. The van der Waals surface area contributed by atoms with Gasteiger partial charge in [0, 0.05) is 48.9 Å². The third-order valence-corrected chi connectivity index (χ3v) is 7.52. The predicted octanol–water partition coefficient (Wildman–Crippen LogP) is 6.94. The lowest BCUT2D eigenvalue weighted by atomic mass is 10.1. The predicted molar refractivity (Wildman–Crippen MR) is 143 cm³/mol. The molecule has 0 spiro atoms. The number of thiocarbonyl (C=S) groups is 1. The van der Waals surface area contributed by atoms with Crippen LogP contribution in [0.2, 0.25) is 5.02 Å². The van der Waals surface area contributed by atoms with Gasteiger partial charge in [0.05, 0.1) is 8.95 Å². The van der Waals surface area contributed by atoms with E-state index in [4.69, 9.17) is 28.6 Å². The van der Waals surface area contributed by atoms with Crippen molar-refractivity contribution in [3.63, 3.8) is 0 Å². The van der Waals surface area contributed by atoms with Gasteiger partial charge in [0.25, 0.3) is 0 Å². The number of nitrogens with zero attached hydrogens (tertiary/aromatic N) is 2. The van der Waals surface area contributed by atoms with Gasteiger partial charge in [0.2, 0.25) is 0 Å². The SMILES string of the molecule is S=C(c1cc(Br)c(OCc2ccccc2Cl)c(Br)c1)N1CCN(Cc2ccccc2)CC1. The second-order valence-electron chi connectivity index (χ2n) is 7.70. The van der Waals surface area contributed by atoms with Gasteiger partial charge in [-0.3, -0.25) is 4.90 Å². The van der Waals surface area contributed by atoms with Crippen LogP contribution in [0.5, 0.6) is 5.75 Å². The summed E-state index contributed by atoms with van der Waals surface area (Å²) in [6.07, 6.45) is 0. The summed E-state index contributed by atoms with van der Waals surface area (Å²) in [5.74, 6) is 0.740. The van der Waals surface area contributed by atoms with Crippen LogP contribution >= 0.6 is 55.7 Å². The molecule has 166 valence electrons. The van der Waals surface area contributed by atoms with Gasteiger partial charge >= 0.3 is 0 Å². The molecule has 0 aliphatic carbocycles. The van der Waals surface area contributed by atoms with Crippen molar-refractivity contribution in [2.24, 2.45) is 0 Å². The second-order valence-corrected chi connectivity index (χ2v) is 10.2. The average Bonchev–Trinajstić information content (AvgIpc) is 2.80. The van der Waals surface area contributed by atoms with Crippen LogP contribution in [-0.2, 0) is 13.2 Å². The summed E-state index contributed by atoms with van der Waals surface area (Å²) < 4.78 is 7.76. The lowest BCUT2D eigenvalue weighted by molar-refractivity contribution is 0.177. The third-order valence-electron chi connectivity index (χ3n) is 5.48. The van der Waals surface area contributed by atoms with Crippen LogP contribution in [-0.4, -0.2) is 41.0 Å². The molecule has 0 bridgehead atoms. The number of benzene rings is 3. The molecule has 1 heterocycles. The molecule has 7 heteroatoms. The molecule has 0 unspecified atom stereocenters. The van der Waals surface area contributed by atoms with Crippen LogP contribution in [0.15, 0.2) is 75.7 Å². The molecule has 1 fully saturated rings. The number of hydrogen-bond donors (Lipinski definition) is 0. The highest BCUT2D eigenvalue weighted by Gasteiger charge is 2.21. The lowest BCUT2D eigenvalue weighted by Crippen LogP contribution is -2.48. The lowest BCUT2D eigenvalue weighted by Gasteiger charge is -2.36. The molecule has 0 saturated carbocycles. The fourth-order valence-electron chi connectivity index (χ4n) is 3.72. The third kappa shape index (κ3) is 5.91. The fourth-order valence-corrected chi connectivity index (χ4v) is 5.63. The van der Waals surface area contributed by atoms with E-state index in [2.05, 4.69) is 72.0 Å². The normalized spacial score (nSPS) is 14.4. The van der Waals surface area contributed by atoms with E-state index >= 15 is 0 Å². The van der Waals surface area contributed by atoms with E-state index in [1.54, 1.807) is 0 Å². The van der Waals surface area contributed by atoms with Crippen LogP contribution in [0.25, 0.3) is 0 Å². The smallest absolute Gasteiger partial charge is 0.148 e. The van der Waals surface area contributed by atoms with Crippen LogP contribution in [0.1, 0.15) is 16.7 Å². The number of hydrogen-bond acceptors (Lipinski definition) is 3. The molecular formula is C25H23Br2ClN2OS. The number of ether oxygens (including phenoxy) is 1. The Balaban J connectivity index is 1.37. The zero-order valence-corrected chi connectivity index (χ0v) is 22.2. The molecule has 0 N–H and O–H groups in total. The molecule has 32 heavy (non-hydrogen) atoms. The summed E-state index contributed by atoms with van der Waals surface area (Å²) in [5, 5.41) is 0.698. The summed E-state index contributed by atoms with van der Waals surface area (Å²) in [6, 6.07) is 22.4. The summed E-state index contributed by atoms with van der Waals surface area (Å²) in [6.45, 7) is 5.21. The molecule has 1 saturated heterocycles. The largest absolute Gasteiger partial charge is 0.486 e. The molecule has 1 aliphatic rings. The molecular weight excluding hydrogens is 572 g/mol. The van der Waals surface area contributed by atoms with E-state index in [1.165, 1.54) is 5.56 Å². The monoisotopic (exact) mass is 592 g/mol. The minimum absolute atomic E-state index is 0.393. The number of piperazine rings is 1. The first kappa shape index (κ1) is 23.7. The van der Waals surface area contributed by atoms with Crippen LogP contribution in [0, 0.1) is 0 Å². The Bertz CT molecular complexity index is 1070. The number of rotatable bonds is 6. The minimum atomic E-state index is 0.393. The molecule has 0 atom stereocenters. The highest BCUT2D eigenvalue weighted by Crippen LogP contribution is 2.36. The first-order valence-corrected chi connectivity index (χ1v) is 12.8. The molecule has 0 aromatic heterocycles. The maximum absolute atomic E-state index is 6.25. The Labute approximate surface area is 216 Å². The molecule has 4 rings (SSSR count). The summed E-state index contributed by atoms with van der Waals surface area (Å²) >= 11 is 19.4. The molecule has 3 aromatic rings. The summed E-state index contributed by atoms with van der Waals surface area (Å²) in [4.78, 5) is 5.63. The van der Waals surface area contributed by atoms with Crippen molar-refractivity contribution >= 4 is 60.7 Å². The summed E-state index contributed by atoms with van der Waals surface area (Å²) in [7, 11) is 0. The van der Waals surface area contributed by atoms with E-state index in [0.717, 1.165) is 63.5 Å². The Morgan fingerprint density at radius 2 is 1.53 bits per heavy atom. The standard InChI is InChI=1S/C25H23Br2ClN2OS/c26-21-14-20(15-22(27)24(21)31-17-19-8-4-5-9-23(19)28)25(32)30-12-10-29(11-13-30)16-18-6-2-1-3-7-18/h1-9,14-15H,10-13,16-17H2. The molecule has 0 amide bonds. The quantitative estimate of drug-likeness (QED) is 0.287. The maximum Gasteiger partial charge on any atom is 0.148 e. The molecule has 0 radical (unpaired) electrons. The van der Waals surface area contributed by atoms with Gasteiger partial charge < -0.3 is 9.64 Å². The van der Waals surface area contributed by atoms with Crippen molar-refractivity contribution in [1.82, 2.24) is 9.80 Å². The van der Waals surface area contributed by atoms with E-state index in [-0.39, 0.29) is 0 Å². The van der Waals surface area contributed by atoms with Crippen LogP contribution in [0.3, 0.4) is 0 Å². The number of halogens is 3. The first-order chi connectivity index (χ1) is 15.5. The maximum atomic E-state index is 6.25. The fraction of sp³-hybridized carbons (Fsp3) is 0.240. The zero-order valence-electron chi connectivity index (χ0n) is 17.4. The van der Waals surface area contributed by atoms with Crippen molar-refractivity contribution < 1.29 is 4.74 Å². The highest BCUT2D eigenvalue weighted by atomic mass is 79.9. The zero-order chi connectivity index (χ0) is 22.5. The van der Waals surface area contributed by atoms with Crippen LogP contribution in [0.4, 0.5) is 0 Å². The Kier molecular flexibility index (Phi) is 8.24. The molecule has 3 aromatic carbocycles. The van der Waals surface area contributed by atoms with Gasteiger partial charge in [0.15, 0.2) is 0 Å². The van der Waals surface area contributed by atoms with Gasteiger partial charge in [-0.25, -0.2) is 0 Å². The Morgan fingerprint density at radius 1 is 0.906 bits per heavy atom. The first-order valence-electron chi connectivity index (χ1n) is 10.4. The Morgan fingerprint density at radius 3 is 2.19 bits per heavy atom. The Hall–Kier alpha value is -1.44. The van der Waals surface area contributed by atoms with Gasteiger partial charge in [-0.05, 0) is 55.6 Å².